The van der Waals surface area contributed by atoms with Gasteiger partial charge in [-0.15, -0.1) is 11.3 Å². The molecule has 0 saturated carbocycles. The zero-order valence-electron chi connectivity index (χ0n) is 15.4. The lowest BCUT2D eigenvalue weighted by molar-refractivity contribution is -0.120. The van der Waals surface area contributed by atoms with Crippen LogP contribution in [0.4, 0.5) is 4.79 Å². The number of carbonyl (C=O) groups excluding carboxylic acids is 2. The van der Waals surface area contributed by atoms with Crippen LogP contribution in [0.25, 0.3) is 21.3 Å². The predicted octanol–water partition coefficient (Wildman–Crippen LogP) is 3.40. The van der Waals surface area contributed by atoms with Crippen molar-refractivity contribution in [3.63, 3.8) is 0 Å². The topological polar surface area (TPSA) is 93.1 Å². The summed E-state index contributed by atoms with van der Waals surface area (Å²) in [7, 11) is 0. The number of aromatic nitrogens is 2. The van der Waals surface area contributed by atoms with E-state index >= 15 is 0 Å². The minimum atomic E-state index is -0.590. The fraction of sp³-hybridized carbons (Fsp3) is 0.263. The first-order valence-corrected chi connectivity index (χ1v) is 9.97. The van der Waals surface area contributed by atoms with Gasteiger partial charge < -0.3 is 5.32 Å². The Bertz CT molecular complexity index is 1070. The normalized spacial score (nSPS) is 12.0. The van der Waals surface area contributed by atoms with Gasteiger partial charge in [-0.1, -0.05) is 30.7 Å². The Balaban J connectivity index is 1.85. The summed E-state index contributed by atoms with van der Waals surface area (Å²) in [5, 5.41) is 7.76. The highest BCUT2D eigenvalue weighted by Crippen LogP contribution is 2.31. The van der Waals surface area contributed by atoms with Crippen molar-refractivity contribution in [1.82, 2.24) is 20.2 Å². The number of nitrogens with one attached hydrogen (secondary N) is 2. The fourth-order valence-electron chi connectivity index (χ4n) is 2.60. The summed E-state index contributed by atoms with van der Waals surface area (Å²) in [4.78, 5) is 41.7. The van der Waals surface area contributed by atoms with E-state index in [0.29, 0.717) is 15.2 Å². The van der Waals surface area contributed by atoms with Gasteiger partial charge in [-0.2, -0.15) is 0 Å². The monoisotopic (exact) mass is 418 g/mol. The van der Waals surface area contributed by atoms with Crippen LogP contribution in [-0.4, -0.2) is 27.5 Å². The second kappa shape index (κ2) is 8.53. The van der Waals surface area contributed by atoms with Crippen molar-refractivity contribution in [3.8, 4) is 11.1 Å². The van der Waals surface area contributed by atoms with Crippen molar-refractivity contribution in [1.29, 1.82) is 0 Å². The summed E-state index contributed by atoms with van der Waals surface area (Å²) in [5.41, 5.74) is 1.23. The lowest BCUT2D eigenvalue weighted by Gasteiger charge is -2.12. The Hall–Kier alpha value is -2.71. The minimum absolute atomic E-state index is 0.0544. The molecule has 0 bridgehead atoms. The lowest BCUT2D eigenvalue weighted by Crippen LogP contribution is -2.45. The standard InChI is InChI=1S/C19H19ClN4O3S/c1-3-11(2)22-19(27)23-15(25)8-24-10-21-17-16(18(24)26)14(9-28-17)12-4-6-13(20)7-5-12/h4-7,9-11H,3,8H2,1-2H3,(H2,22,23,25,27)/t11-/m1/s1. The van der Waals surface area contributed by atoms with Crippen LogP contribution < -0.4 is 16.2 Å². The van der Waals surface area contributed by atoms with Crippen molar-refractivity contribution in [3.05, 3.63) is 51.3 Å². The maximum atomic E-state index is 12.9. The maximum Gasteiger partial charge on any atom is 0.321 e. The number of rotatable bonds is 5. The smallest absolute Gasteiger partial charge is 0.321 e. The number of carbonyl (C=O) groups is 2. The van der Waals surface area contributed by atoms with E-state index in [9.17, 15) is 14.4 Å². The first-order chi connectivity index (χ1) is 13.4. The highest BCUT2D eigenvalue weighted by atomic mass is 35.5. The van der Waals surface area contributed by atoms with Gasteiger partial charge in [0.25, 0.3) is 5.56 Å². The number of benzene rings is 1. The molecule has 2 heterocycles. The number of fused-ring (bicyclic) bond motifs is 1. The molecular weight excluding hydrogens is 400 g/mol. The van der Waals surface area contributed by atoms with Crippen molar-refractivity contribution >= 4 is 45.1 Å². The van der Waals surface area contributed by atoms with E-state index in [1.807, 2.05) is 31.4 Å². The van der Waals surface area contributed by atoms with Crippen LogP contribution in [0.2, 0.25) is 5.02 Å². The van der Waals surface area contributed by atoms with Crippen molar-refractivity contribution < 1.29 is 9.59 Å². The Morgan fingerprint density at radius 1 is 1.29 bits per heavy atom. The molecule has 2 N–H and O–H groups in total. The van der Waals surface area contributed by atoms with E-state index in [-0.39, 0.29) is 18.1 Å². The molecule has 0 radical (unpaired) electrons. The zero-order chi connectivity index (χ0) is 20.3. The molecular formula is C19H19ClN4O3S. The van der Waals surface area contributed by atoms with Gasteiger partial charge in [0.1, 0.15) is 11.4 Å². The quantitative estimate of drug-likeness (QED) is 0.664. The number of nitrogens with zero attached hydrogens (tertiary/aromatic N) is 2. The Labute approximate surface area is 170 Å². The zero-order valence-corrected chi connectivity index (χ0v) is 16.9. The highest BCUT2D eigenvalue weighted by molar-refractivity contribution is 7.17. The molecule has 0 unspecified atom stereocenters. The first kappa shape index (κ1) is 20.0. The molecule has 146 valence electrons. The molecule has 1 atom stereocenters. The maximum absolute atomic E-state index is 12.9. The molecule has 1 aromatic carbocycles. The Morgan fingerprint density at radius 2 is 2.00 bits per heavy atom. The van der Waals surface area contributed by atoms with Gasteiger partial charge in [0, 0.05) is 22.0 Å². The molecule has 2 aromatic heterocycles. The van der Waals surface area contributed by atoms with Gasteiger partial charge in [0.15, 0.2) is 0 Å². The summed E-state index contributed by atoms with van der Waals surface area (Å²) < 4.78 is 1.19. The van der Waals surface area contributed by atoms with E-state index in [0.717, 1.165) is 17.5 Å². The number of amides is 3. The second-order valence-corrected chi connectivity index (χ2v) is 7.64. The van der Waals surface area contributed by atoms with E-state index in [2.05, 4.69) is 15.6 Å². The molecule has 9 heteroatoms. The van der Waals surface area contributed by atoms with Crippen LogP contribution in [-0.2, 0) is 11.3 Å². The summed E-state index contributed by atoms with van der Waals surface area (Å²) in [6, 6.07) is 6.51. The number of hydrogen-bond donors (Lipinski definition) is 2. The van der Waals surface area contributed by atoms with Crippen molar-refractivity contribution in [2.75, 3.05) is 0 Å². The molecule has 0 fully saturated rings. The van der Waals surface area contributed by atoms with E-state index < -0.39 is 11.9 Å². The second-order valence-electron chi connectivity index (χ2n) is 6.34. The average molecular weight is 419 g/mol. The van der Waals surface area contributed by atoms with E-state index in [4.69, 9.17) is 11.6 Å². The van der Waals surface area contributed by atoms with Gasteiger partial charge in [0.2, 0.25) is 5.91 Å². The first-order valence-electron chi connectivity index (χ1n) is 8.72. The highest BCUT2D eigenvalue weighted by Gasteiger charge is 2.16. The number of imide groups is 1. The minimum Gasteiger partial charge on any atom is -0.335 e. The predicted molar refractivity (Wildman–Crippen MR) is 111 cm³/mol. The van der Waals surface area contributed by atoms with Gasteiger partial charge >= 0.3 is 6.03 Å². The Kier molecular flexibility index (Phi) is 6.11. The third-order valence-electron chi connectivity index (χ3n) is 4.27. The molecule has 0 aliphatic rings. The van der Waals surface area contributed by atoms with Crippen LogP contribution in [0.3, 0.4) is 0 Å². The number of urea groups is 1. The molecule has 7 nitrogen and oxygen atoms in total. The molecule has 28 heavy (non-hydrogen) atoms. The third kappa shape index (κ3) is 4.40. The Morgan fingerprint density at radius 3 is 2.68 bits per heavy atom. The van der Waals surface area contributed by atoms with Crippen molar-refractivity contribution in [2.45, 2.75) is 32.9 Å². The molecule has 0 aliphatic heterocycles. The average Bonchev–Trinajstić information content (AvgIpc) is 3.09. The third-order valence-corrected chi connectivity index (χ3v) is 5.41. The summed E-state index contributed by atoms with van der Waals surface area (Å²) in [6.07, 6.45) is 2.06. The van der Waals surface area contributed by atoms with Crippen LogP contribution in [0.15, 0.2) is 40.8 Å². The largest absolute Gasteiger partial charge is 0.335 e. The van der Waals surface area contributed by atoms with E-state index in [1.54, 1.807) is 12.1 Å². The summed E-state index contributed by atoms with van der Waals surface area (Å²) >= 11 is 7.29. The van der Waals surface area contributed by atoms with Gasteiger partial charge in [-0.25, -0.2) is 9.78 Å². The number of hydrogen-bond acceptors (Lipinski definition) is 5. The van der Waals surface area contributed by atoms with Gasteiger partial charge in [-0.05, 0) is 31.0 Å². The number of thiophene rings is 1. The fourth-order valence-corrected chi connectivity index (χ4v) is 3.64. The lowest BCUT2D eigenvalue weighted by atomic mass is 10.1. The van der Waals surface area contributed by atoms with Gasteiger partial charge in [-0.3, -0.25) is 19.5 Å². The molecule has 0 saturated heterocycles. The van der Waals surface area contributed by atoms with Crippen LogP contribution >= 0.6 is 22.9 Å². The van der Waals surface area contributed by atoms with E-state index in [1.165, 1.54) is 22.2 Å². The molecule has 0 spiro atoms. The van der Waals surface area contributed by atoms with Gasteiger partial charge in [0.05, 0.1) is 11.7 Å². The van der Waals surface area contributed by atoms with Crippen molar-refractivity contribution in [2.24, 2.45) is 0 Å². The molecule has 3 rings (SSSR count). The molecule has 3 amide bonds. The van der Waals surface area contributed by atoms with Crippen LogP contribution in [0.1, 0.15) is 20.3 Å². The molecule has 0 aliphatic carbocycles. The summed E-state index contributed by atoms with van der Waals surface area (Å²) in [6.45, 7) is 3.46. The van der Waals surface area contributed by atoms with Crippen LogP contribution in [0, 0.1) is 0 Å². The van der Waals surface area contributed by atoms with Crippen LogP contribution in [0.5, 0.6) is 0 Å². The summed E-state index contributed by atoms with van der Waals surface area (Å²) in [5.74, 6) is -0.590. The molecule has 3 aromatic rings. The SMILES string of the molecule is CC[C@@H](C)NC(=O)NC(=O)Cn1cnc2scc(-c3ccc(Cl)cc3)c2c1=O. The number of halogens is 1.